The number of aromatic nitrogens is 2. The van der Waals surface area contributed by atoms with Crippen LogP contribution in [0.2, 0.25) is 5.02 Å². The molecule has 0 atom stereocenters. The van der Waals surface area contributed by atoms with E-state index in [0.29, 0.717) is 17.0 Å². The van der Waals surface area contributed by atoms with Crippen LogP contribution in [0.1, 0.15) is 42.5 Å². The number of nitrogens with zero attached hydrogens (tertiary/aromatic N) is 2. The molecule has 0 aliphatic heterocycles. The second-order valence-electron chi connectivity index (χ2n) is 6.78. The van der Waals surface area contributed by atoms with Gasteiger partial charge in [0.1, 0.15) is 6.61 Å². The van der Waals surface area contributed by atoms with Gasteiger partial charge in [-0.15, -0.1) is 23.4 Å². The first-order chi connectivity index (χ1) is 14.2. The van der Waals surface area contributed by atoms with Crippen molar-refractivity contribution in [3.63, 3.8) is 0 Å². The predicted octanol–water partition coefficient (Wildman–Crippen LogP) is 4.84. The summed E-state index contributed by atoms with van der Waals surface area (Å²) in [6.07, 6.45) is -5.47. The minimum atomic E-state index is -4.65. The molecule has 1 heterocycles. The van der Waals surface area contributed by atoms with Gasteiger partial charge in [-0.2, -0.15) is 0 Å². The molecule has 7 nitrogen and oxygen atoms in total. The Bertz CT molecular complexity index is 880. The average molecular weight is 446 g/mol. The predicted molar refractivity (Wildman–Crippen MR) is 100 cm³/mol. The third kappa shape index (κ3) is 6.46. The second-order valence-corrected chi connectivity index (χ2v) is 7.22. The lowest BCUT2D eigenvalue weighted by Gasteiger charge is -2.32. The van der Waals surface area contributed by atoms with Gasteiger partial charge in [0.2, 0.25) is 11.8 Å². The molecule has 3 rings (SSSR count). The maximum atomic E-state index is 12.2. The summed E-state index contributed by atoms with van der Waals surface area (Å²) in [6.45, 7) is 4.17. The van der Waals surface area contributed by atoms with E-state index in [1.54, 1.807) is 24.3 Å². The first-order valence-corrected chi connectivity index (χ1v) is 9.48. The van der Waals surface area contributed by atoms with E-state index in [1.807, 2.05) is 0 Å². The summed E-state index contributed by atoms with van der Waals surface area (Å²) in [7, 11) is 0. The second kappa shape index (κ2) is 9.48. The normalized spacial score (nSPS) is 18.5. The Morgan fingerprint density at radius 1 is 1.27 bits per heavy atom. The highest BCUT2D eigenvalue weighted by molar-refractivity contribution is 6.30. The first-order valence-electron chi connectivity index (χ1n) is 9.11. The van der Waals surface area contributed by atoms with Gasteiger partial charge in [0, 0.05) is 23.1 Å². The molecule has 1 fully saturated rings. The van der Waals surface area contributed by atoms with Crippen LogP contribution in [0, 0.1) is 0 Å². The number of benzene rings is 1. The zero-order valence-electron chi connectivity index (χ0n) is 15.7. The Labute approximate surface area is 175 Å². The lowest BCUT2D eigenvalue weighted by atomic mass is 9.82. The first kappa shape index (κ1) is 22.1. The largest absolute Gasteiger partial charge is 0.522 e. The molecule has 1 aliphatic rings. The van der Waals surface area contributed by atoms with E-state index in [0.717, 1.165) is 5.56 Å². The van der Waals surface area contributed by atoms with E-state index in [2.05, 4.69) is 26.8 Å². The summed E-state index contributed by atoms with van der Waals surface area (Å²) in [5.74, 6) is 0.164. The average Bonchev–Trinajstić information content (AvgIpc) is 3.13. The van der Waals surface area contributed by atoms with E-state index >= 15 is 0 Å². The number of amides is 1. The number of halogens is 4. The monoisotopic (exact) mass is 445 g/mol. The maximum Gasteiger partial charge on any atom is 0.522 e. The Kier molecular flexibility index (Phi) is 6.99. The van der Waals surface area contributed by atoms with E-state index in [1.165, 1.54) is 0 Å². The molecule has 1 aromatic carbocycles. The number of nitrogens with one attached hydrogen (secondary N) is 1. The number of hydrogen-bond donors (Lipinski definition) is 1. The van der Waals surface area contributed by atoms with Crippen LogP contribution in [0.15, 0.2) is 35.3 Å². The van der Waals surface area contributed by atoms with Crippen LogP contribution in [0.25, 0.3) is 5.57 Å². The van der Waals surface area contributed by atoms with Gasteiger partial charge in [0.25, 0.3) is 0 Å². The molecule has 0 saturated heterocycles. The number of rotatable bonds is 8. The molecule has 30 heavy (non-hydrogen) atoms. The van der Waals surface area contributed by atoms with Crippen molar-refractivity contribution in [1.29, 1.82) is 0 Å². The number of carbonyl (C=O) groups is 1. The fourth-order valence-electron chi connectivity index (χ4n) is 2.80. The summed E-state index contributed by atoms with van der Waals surface area (Å²) < 4.78 is 51.0. The highest BCUT2D eigenvalue weighted by Crippen LogP contribution is 2.41. The molecule has 11 heteroatoms. The van der Waals surface area contributed by atoms with E-state index in [9.17, 15) is 18.0 Å². The minimum absolute atomic E-state index is 0.109. The lowest BCUT2D eigenvalue weighted by molar-refractivity contribution is -0.352. The van der Waals surface area contributed by atoms with Gasteiger partial charge in [0.15, 0.2) is 0 Å². The smallest absolute Gasteiger partial charge is 0.445 e. The molecule has 0 spiro atoms. The van der Waals surface area contributed by atoms with Crippen LogP contribution in [-0.2, 0) is 16.1 Å². The van der Waals surface area contributed by atoms with Crippen LogP contribution in [-0.4, -0.2) is 35.3 Å². The van der Waals surface area contributed by atoms with E-state index < -0.39 is 18.6 Å². The van der Waals surface area contributed by atoms with Gasteiger partial charge in [-0.25, -0.2) is 4.79 Å². The molecule has 1 amide bonds. The Balaban J connectivity index is 1.35. The van der Waals surface area contributed by atoms with E-state index in [-0.39, 0.29) is 43.7 Å². The highest BCUT2D eigenvalue weighted by Gasteiger charge is 2.42. The Morgan fingerprint density at radius 2 is 1.97 bits per heavy atom. The van der Waals surface area contributed by atoms with Crippen LogP contribution in [0.5, 0.6) is 0 Å². The van der Waals surface area contributed by atoms with Crippen molar-refractivity contribution in [3.05, 3.63) is 53.2 Å². The Hall–Kier alpha value is -2.59. The summed E-state index contributed by atoms with van der Waals surface area (Å²) in [6, 6.07) is 6.91. The van der Waals surface area contributed by atoms with Gasteiger partial charge in [-0.3, -0.25) is 4.74 Å². The van der Waals surface area contributed by atoms with Crippen molar-refractivity contribution in [2.45, 2.75) is 44.3 Å². The third-order valence-corrected chi connectivity index (χ3v) is 4.72. The number of carbonyl (C=O) groups excluding carboxylic acids is 1. The standard InChI is InChI=1S/C19H19ClF3N3O4/c1-11(6-7-24-18(27)28-10-12-2-4-14(20)5-3-12)16-25-26-17(29-16)13-8-15(9-13)30-19(21,22)23/h2-5,13,15H,1,6-10H2,(H,24,27)/t13-,15-. The molecule has 1 N–H and O–H groups in total. The third-order valence-electron chi connectivity index (χ3n) is 4.47. The quantitative estimate of drug-likeness (QED) is 0.626. The molecule has 1 aromatic heterocycles. The summed E-state index contributed by atoms with van der Waals surface area (Å²) >= 11 is 5.79. The van der Waals surface area contributed by atoms with Crippen molar-refractivity contribution >= 4 is 23.3 Å². The zero-order valence-corrected chi connectivity index (χ0v) is 16.5. The molecule has 162 valence electrons. The minimum Gasteiger partial charge on any atom is -0.445 e. The number of alkyl carbamates (subject to hydrolysis) is 1. The van der Waals surface area contributed by atoms with Crippen molar-refractivity contribution in [2.24, 2.45) is 0 Å². The van der Waals surface area contributed by atoms with Gasteiger partial charge < -0.3 is 14.5 Å². The molecule has 1 saturated carbocycles. The summed E-state index contributed by atoms with van der Waals surface area (Å²) in [5, 5.41) is 10.9. The molecule has 0 unspecified atom stereocenters. The van der Waals surface area contributed by atoms with Gasteiger partial charge in [-0.1, -0.05) is 30.3 Å². The fourth-order valence-corrected chi connectivity index (χ4v) is 2.92. The molecular formula is C19H19ClF3N3O4. The van der Waals surface area contributed by atoms with Crippen molar-refractivity contribution in [2.75, 3.05) is 6.54 Å². The van der Waals surface area contributed by atoms with Crippen LogP contribution >= 0.6 is 11.6 Å². The SMILES string of the molecule is C=C(CCNC(=O)OCc1ccc(Cl)cc1)c1nnc([C@H]2C[C@H](OC(F)(F)F)C2)o1. The lowest BCUT2D eigenvalue weighted by Crippen LogP contribution is -2.34. The number of ether oxygens (including phenoxy) is 2. The summed E-state index contributed by atoms with van der Waals surface area (Å²) in [4.78, 5) is 11.7. The molecule has 1 aliphatic carbocycles. The zero-order chi connectivity index (χ0) is 21.7. The number of alkyl halides is 3. The van der Waals surface area contributed by atoms with Crippen molar-refractivity contribution in [1.82, 2.24) is 15.5 Å². The van der Waals surface area contributed by atoms with Crippen LogP contribution in [0.4, 0.5) is 18.0 Å². The van der Waals surface area contributed by atoms with E-state index in [4.69, 9.17) is 20.8 Å². The molecule has 0 radical (unpaired) electrons. The number of hydrogen-bond acceptors (Lipinski definition) is 6. The van der Waals surface area contributed by atoms with Gasteiger partial charge in [-0.05, 0) is 37.0 Å². The van der Waals surface area contributed by atoms with Crippen LogP contribution < -0.4 is 5.32 Å². The molecule has 2 aromatic rings. The summed E-state index contributed by atoms with van der Waals surface area (Å²) in [5.41, 5.74) is 1.30. The highest BCUT2D eigenvalue weighted by atomic mass is 35.5. The fraction of sp³-hybridized carbons (Fsp3) is 0.421. The van der Waals surface area contributed by atoms with Crippen molar-refractivity contribution in [3.8, 4) is 0 Å². The van der Waals surface area contributed by atoms with Gasteiger partial charge in [0.05, 0.1) is 6.10 Å². The Morgan fingerprint density at radius 3 is 2.63 bits per heavy atom. The molecular weight excluding hydrogens is 427 g/mol. The van der Waals surface area contributed by atoms with Crippen molar-refractivity contribution < 1.29 is 31.9 Å². The van der Waals surface area contributed by atoms with Gasteiger partial charge >= 0.3 is 12.5 Å². The molecule has 0 bridgehead atoms. The topological polar surface area (TPSA) is 86.5 Å². The van der Waals surface area contributed by atoms with Crippen LogP contribution in [0.3, 0.4) is 0 Å². The maximum absolute atomic E-state index is 12.2.